The zero-order valence-corrected chi connectivity index (χ0v) is 21.3. The van der Waals surface area contributed by atoms with Crippen LogP contribution in [0.2, 0.25) is 0 Å². The van der Waals surface area contributed by atoms with E-state index in [2.05, 4.69) is 27.0 Å². The van der Waals surface area contributed by atoms with Crippen molar-refractivity contribution in [2.75, 3.05) is 14.2 Å². The number of hydrogen-bond acceptors (Lipinski definition) is 5. The highest BCUT2D eigenvalue weighted by Gasteiger charge is 2.36. The number of aromatic nitrogens is 1. The van der Waals surface area contributed by atoms with Gasteiger partial charge in [0, 0.05) is 27.1 Å². The second kappa shape index (κ2) is 9.87. The first kappa shape index (κ1) is 23.6. The number of nitrogens with zero attached hydrogens (tertiary/aromatic N) is 1. The number of halogens is 1. The van der Waals surface area contributed by atoms with E-state index in [1.807, 2.05) is 79.0 Å². The summed E-state index contributed by atoms with van der Waals surface area (Å²) in [5.41, 5.74) is 5.89. The topological polar surface area (TPSA) is 71.6 Å². The number of carbonyl (C=O) groups is 2. The Balaban J connectivity index is 1.85. The van der Waals surface area contributed by atoms with E-state index >= 15 is 0 Å². The van der Waals surface area contributed by atoms with Gasteiger partial charge in [0.05, 0.1) is 32.0 Å². The van der Waals surface area contributed by atoms with Crippen LogP contribution in [0.15, 0.2) is 96.8 Å². The van der Waals surface area contributed by atoms with Gasteiger partial charge in [-0.3, -0.25) is 0 Å². The highest BCUT2D eigenvalue weighted by molar-refractivity contribution is 9.15. The van der Waals surface area contributed by atoms with Crippen molar-refractivity contribution in [1.29, 1.82) is 0 Å². The molecule has 180 valence electrons. The van der Waals surface area contributed by atoms with E-state index in [-0.39, 0.29) is 5.70 Å². The summed E-state index contributed by atoms with van der Waals surface area (Å²) in [6.45, 7) is 0. The summed E-state index contributed by atoms with van der Waals surface area (Å²) in [4.78, 5) is 30.7. The first-order chi connectivity index (χ1) is 17.5. The number of carbonyl (C=O) groups excluding carboxylic acids is 2. The Morgan fingerprint density at radius 1 is 0.917 bits per heavy atom. The molecule has 0 radical (unpaired) electrons. The lowest BCUT2D eigenvalue weighted by Gasteiger charge is -2.37. The molecule has 0 aliphatic carbocycles. The second-order valence-corrected chi connectivity index (χ2v) is 9.10. The number of methoxy groups -OCH3 is 2. The molecule has 1 unspecified atom stereocenters. The van der Waals surface area contributed by atoms with Crippen LogP contribution < -0.4 is 0 Å². The highest BCUT2D eigenvalue weighted by atomic mass is 79.9. The smallest absolute Gasteiger partial charge is 0.354 e. The van der Waals surface area contributed by atoms with Crippen molar-refractivity contribution in [2.45, 2.75) is 6.04 Å². The van der Waals surface area contributed by atoms with Crippen molar-refractivity contribution in [3.63, 3.8) is 0 Å². The molecule has 0 fully saturated rings. The third kappa shape index (κ3) is 4.12. The Labute approximate surface area is 217 Å². The molecular formula is C29H23BrN2O4. The quantitative estimate of drug-likeness (QED) is 0.241. The lowest BCUT2D eigenvalue weighted by molar-refractivity contribution is -0.139. The minimum absolute atomic E-state index is 0.0603. The monoisotopic (exact) mass is 542 g/mol. The number of rotatable bonds is 5. The van der Waals surface area contributed by atoms with Gasteiger partial charge in [-0.05, 0) is 38.7 Å². The van der Waals surface area contributed by atoms with Gasteiger partial charge in [-0.25, -0.2) is 9.59 Å². The second-order valence-electron chi connectivity index (χ2n) is 8.24. The molecule has 1 atom stereocenters. The summed E-state index contributed by atoms with van der Waals surface area (Å²) >= 11 is 3.67. The zero-order valence-electron chi connectivity index (χ0n) is 19.7. The fourth-order valence-electron chi connectivity index (χ4n) is 4.67. The van der Waals surface area contributed by atoms with Gasteiger partial charge in [-0.15, -0.1) is 0 Å². The van der Waals surface area contributed by atoms with E-state index in [0.717, 1.165) is 43.3 Å². The van der Waals surface area contributed by atoms with Gasteiger partial charge in [0.15, 0.2) is 0 Å². The molecule has 0 saturated carbocycles. The van der Waals surface area contributed by atoms with Gasteiger partial charge in [0.25, 0.3) is 0 Å². The molecule has 1 N–H and O–H groups in total. The summed E-state index contributed by atoms with van der Waals surface area (Å²) in [5.74, 6) is -1.30. The highest BCUT2D eigenvalue weighted by Crippen LogP contribution is 2.47. The molecule has 36 heavy (non-hydrogen) atoms. The minimum Gasteiger partial charge on any atom is -0.466 e. The number of esters is 2. The Bertz CT molecular complexity index is 1520. The van der Waals surface area contributed by atoms with Gasteiger partial charge in [-0.1, -0.05) is 72.8 Å². The molecule has 0 saturated heterocycles. The first-order valence-electron chi connectivity index (χ1n) is 11.3. The molecule has 1 aromatic heterocycles. The average Bonchev–Trinajstić information content (AvgIpc) is 3.31. The first-order valence-corrected chi connectivity index (χ1v) is 12.1. The van der Waals surface area contributed by atoms with Crippen LogP contribution in [0.25, 0.3) is 26.6 Å². The van der Waals surface area contributed by atoms with Crippen molar-refractivity contribution in [3.8, 4) is 11.3 Å². The molecule has 0 bridgehead atoms. The maximum Gasteiger partial charge on any atom is 0.354 e. The minimum atomic E-state index is -0.653. The maximum absolute atomic E-state index is 13.0. The molecule has 3 aromatic carbocycles. The predicted molar refractivity (Wildman–Crippen MR) is 143 cm³/mol. The fourth-order valence-corrected chi connectivity index (χ4v) is 5.25. The summed E-state index contributed by atoms with van der Waals surface area (Å²) in [5, 5.41) is 1.01. The molecule has 1 aliphatic heterocycles. The van der Waals surface area contributed by atoms with E-state index in [0.29, 0.717) is 0 Å². The lowest BCUT2D eigenvalue weighted by atomic mass is 9.87. The van der Waals surface area contributed by atoms with Crippen LogP contribution in [-0.2, 0) is 19.1 Å². The number of benzene rings is 3. The van der Waals surface area contributed by atoms with Gasteiger partial charge in [0.2, 0.25) is 0 Å². The zero-order chi connectivity index (χ0) is 25.2. The standard InChI is InChI=1S/C29H23BrN2O4/c1-35-25(33)16-24(29(34)36-2)32-17-22(30)19-12-6-7-13-20(19)28(32)26-21-14-8-9-15-23(21)31-27(26)18-10-4-3-5-11-18/h3-17,28,31H,1-2H3/b24-16+. The number of ether oxygens (including phenoxy) is 2. The molecule has 1 aliphatic rings. The van der Waals surface area contributed by atoms with Crippen LogP contribution in [0.1, 0.15) is 22.7 Å². The normalized spacial score (nSPS) is 15.3. The number of para-hydroxylation sites is 1. The molecule has 4 aromatic rings. The Kier molecular flexibility index (Phi) is 6.48. The van der Waals surface area contributed by atoms with Gasteiger partial charge in [0.1, 0.15) is 5.70 Å². The van der Waals surface area contributed by atoms with Crippen LogP contribution in [0, 0.1) is 0 Å². The summed E-state index contributed by atoms with van der Waals surface area (Å²) in [6, 6.07) is 25.7. The van der Waals surface area contributed by atoms with E-state index < -0.39 is 18.0 Å². The molecule has 7 heteroatoms. The molecule has 0 spiro atoms. The summed E-state index contributed by atoms with van der Waals surface area (Å²) in [7, 11) is 2.57. The molecule has 0 amide bonds. The maximum atomic E-state index is 13.0. The number of aromatic amines is 1. The molecule has 5 rings (SSSR count). The third-order valence-electron chi connectivity index (χ3n) is 6.25. The Hall–Kier alpha value is -4.10. The number of fused-ring (bicyclic) bond motifs is 2. The summed E-state index contributed by atoms with van der Waals surface area (Å²) < 4.78 is 10.7. The van der Waals surface area contributed by atoms with Crippen molar-refractivity contribution in [2.24, 2.45) is 0 Å². The van der Waals surface area contributed by atoms with Gasteiger partial charge < -0.3 is 19.4 Å². The van der Waals surface area contributed by atoms with Crippen LogP contribution >= 0.6 is 15.9 Å². The predicted octanol–water partition coefficient (Wildman–Crippen LogP) is 6.16. The molecule has 6 nitrogen and oxygen atoms in total. The third-order valence-corrected chi connectivity index (χ3v) is 6.89. The molecule has 2 heterocycles. The van der Waals surface area contributed by atoms with Crippen LogP contribution in [0.3, 0.4) is 0 Å². The van der Waals surface area contributed by atoms with E-state index in [9.17, 15) is 9.59 Å². The number of nitrogens with one attached hydrogen (secondary N) is 1. The van der Waals surface area contributed by atoms with E-state index in [4.69, 9.17) is 9.47 Å². The largest absolute Gasteiger partial charge is 0.466 e. The Morgan fingerprint density at radius 2 is 1.61 bits per heavy atom. The number of H-pyrrole nitrogens is 1. The number of hydrogen-bond donors (Lipinski definition) is 1. The Morgan fingerprint density at radius 3 is 2.36 bits per heavy atom. The van der Waals surface area contributed by atoms with Crippen LogP contribution in [-0.4, -0.2) is 36.0 Å². The molecular weight excluding hydrogens is 520 g/mol. The van der Waals surface area contributed by atoms with Gasteiger partial charge >= 0.3 is 11.9 Å². The average molecular weight is 543 g/mol. The van der Waals surface area contributed by atoms with Gasteiger partial charge in [-0.2, -0.15) is 0 Å². The lowest BCUT2D eigenvalue weighted by Crippen LogP contribution is -2.32. The fraction of sp³-hybridized carbons (Fsp3) is 0.103. The SMILES string of the molecule is COC(=O)/C=C(\C(=O)OC)N1C=C(Br)c2ccccc2C1c1c(-c2ccccc2)[nH]c2ccccc12. The van der Waals surface area contributed by atoms with Crippen LogP contribution in [0.5, 0.6) is 0 Å². The van der Waals surface area contributed by atoms with E-state index in [1.54, 1.807) is 4.90 Å². The van der Waals surface area contributed by atoms with Crippen molar-refractivity contribution in [1.82, 2.24) is 9.88 Å². The van der Waals surface area contributed by atoms with Crippen LogP contribution in [0.4, 0.5) is 0 Å². The van der Waals surface area contributed by atoms with Crippen molar-refractivity contribution < 1.29 is 19.1 Å². The summed E-state index contributed by atoms with van der Waals surface area (Å²) in [6.07, 6.45) is 2.98. The van der Waals surface area contributed by atoms with Crippen molar-refractivity contribution >= 4 is 43.3 Å². The van der Waals surface area contributed by atoms with E-state index in [1.165, 1.54) is 20.3 Å². The van der Waals surface area contributed by atoms with Crippen molar-refractivity contribution in [3.05, 3.63) is 114 Å².